The molecule has 3 atom stereocenters. The zero-order valence-corrected chi connectivity index (χ0v) is 21.9. The van der Waals surface area contributed by atoms with E-state index in [2.05, 4.69) is 50.0 Å². The largest absolute Gasteiger partial charge is 0.478 e. The summed E-state index contributed by atoms with van der Waals surface area (Å²) in [5.74, 6) is -2.11. The highest BCUT2D eigenvalue weighted by Gasteiger charge is 2.62. The molecule has 0 amide bonds. The van der Waals surface area contributed by atoms with Gasteiger partial charge < -0.3 is 29.5 Å². The fraction of sp³-hybridized carbons (Fsp3) is 0.615. The number of rotatable bonds is 9. The number of carbonyl (C=O) groups excluding carboxylic acids is 3. The smallest absolute Gasteiger partial charge is 0.335 e. The highest BCUT2D eigenvalue weighted by Crippen LogP contribution is 2.66. The minimum Gasteiger partial charge on any atom is -0.478 e. The molecule has 0 aromatic rings. The van der Waals surface area contributed by atoms with Gasteiger partial charge in [0, 0.05) is 11.0 Å². The number of esters is 3. The average Bonchev–Trinajstić information content (AvgIpc) is 3.16. The molecule has 2 fully saturated rings. The van der Waals surface area contributed by atoms with Gasteiger partial charge in [0.15, 0.2) is 0 Å². The Bertz CT molecular complexity index is 843. The Morgan fingerprint density at radius 3 is 1.81 bits per heavy atom. The van der Waals surface area contributed by atoms with Crippen molar-refractivity contribution in [2.45, 2.75) is 59.5 Å². The van der Waals surface area contributed by atoms with Gasteiger partial charge in [0.2, 0.25) is 0 Å². The fourth-order valence-electron chi connectivity index (χ4n) is 4.27. The number of hydrogen-bond donors (Lipinski definition) is 3. The SMILES string of the molecule is C=C(CC(=O)OC1CC2CCC1(C)C2(C)C)C(=O)O.C=C(CO)C(=O)OC.C=C(CO)C(=O)OCC. The Morgan fingerprint density at radius 1 is 0.944 bits per heavy atom. The lowest BCUT2D eigenvalue weighted by molar-refractivity contribution is -0.157. The monoisotopic (exact) mass is 512 g/mol. The van der Waals surface area contributed by atoms with E-state index >= 15 is 0 Å². The lowest BCUT2D eigenvalue weighted by Gasteiger charge is -2.38. The molecule has 0 aromatic carbocycles. The topological polar surface area (TPSA) is 157 Å². The fourth-order valence-corrected chi connectivity index (χ4v) is 4.27. The Morgan fingerprint density at radius 2 is 1.47 bits per heavy atom. The molecule has 2 saturated carbocycles. The third-order valence-electron chi connectivity index (χ3n) is 7.07. The Labute approximate surface area is 212 Å². The molecule has 0 aliphatic heterocycles. The second-order valence-corrected chi connectivity index (χ2v) is 9.41. The van der Waals surface area contributed by atoms with Gasteiger partial charge in [-0.2, -0.15) is 0 Å². The molecule has 0 aromatic heterocycles. The van der Waals surface area contributed by atoms with Gasteiger partial charge in [0.05, 0.1) is 44.5 Å². The first-order chi connectivity index (χ1) is 16.6. The summed E-state index contributed by atoms with van der Waals surface area (Å²) in [4.78, 5) is 43.2. The number of carbonyl (C=O) groups is 4. The third-order valence-corrected chi connectivity index (χ3v) is 7.07. The van der Waals surface area contributed by atoms with Crippen LogP contribution < -0.4 is 0 Å². The van der Waals surface area contributed by atoms with E-state index < -0.39 is 23.9 Å². The van der Waals surface area contributed by atoms with Crippen molar-refractivity contribution in [2.24, 2.45) is 16.7 Å². The van der Waals surface area contributed by atoms with Crippen molar-refractivity contribution in [3.63, 3.8) is 0 Å². The van der Waals surface area contributed by atoms with Crippen molar-refractivity contribution in [2.75, 3.05) is 26.9 Å². The lowest BCUT2D eigenvalue weighted by Crippen LogP contribution is -2.38. The molecule has 2 rings (SSSR count). The maximum atomic E-state index is 11.8. The third kappa shape index (κ3) is 8.60. The minimum atomic E-state index is -1.14. The van der Waals surface area contributed by atoms with Crippen molar-refractivity contribution in [1.29, 1.82) is 0 Å². The first kappa shape index (κ1) is 33.0. The second kappa shape index (κ2) is 14.5. The first-order valence-corrected chi connectivity index (χ1v) is 11.6. The summed E-state index contributed by atoms with van der Waals surface area (Å²) in [6.07, 6.45) is 2.85. The molecule has 0 heterocycles. The summed E-state index contributed by atoms with van der Waals surface area (Å²) >= 11 is 0. The number of aliphatic carboxylic acids is 1. The van der Waals surface area contributed by atoms with Crippen molar-refractivity contribution in [3.05, 3.63) is 36.5 Å². The number of carboxylic acids is 1. The van der Waals surface area contributed by atoms with Gasteiger partial charge in [0.1, 0.15) is 6.10 Å². The van der Waals surface area contributed by atoms with Crippen LogP contribution in [0.3, 0.4) is 0 Å². The maximum Gasteiger partial charge on any atom is 0.335 e. The summed E-state index contributed by atoms with van der Waals surface area (Å²) in [5, 5.41) is 25.3. The molecule has 0 spiro atoms. The van der Waals surface area contributed by atoms with Crippen LogP contribution in [0.25, 0.3) is 0 Å². The van der Waals surface area contributed by atoms with Crippen molar-refractivity contribution < 1.29 is 48.7 Å². The molecule has 2 aliphatic carbocycles. The molecule has 2 aliphatic rings. The van der Waals surface area contributed by atoms with Crippen LogP contribution in [0.5, 0.6) is 0 Å². The molecule has 3 unspecified atom stereocenters. The Kier molecular flexibility index (Phi) is 13.3. The van der Waals surface area contributed by atoms with Gasteiger partial charge in [-0.05, 0) is 37.5 Å². The number of hydrogen-bond acceptors (Lipinski definition) is 9. The molecule has 0 saturated heterocycles. The molecular weight excluding hydrogens is 472 g/mol. The Hall–Kier alpha value is -2.98. The van der Waals surface area contributed by atoms with Crippen molar-refractivity contribution >= 4 is 23.9 Å². The van der Waals surface area contributed by atoms with E-state index in [1.165, 1.54) is 13.5 Å². The summed E-state index contributed by atoms with van der Waals surface area (Å²) in [6.45, 7) is 17.9. The van der Waals surface area contributed by atoms with Crippen molar-refractivity contribution in [3.8, 4) is 0 Å². The highest BCUT2D eigenvalue weighted by molar-refractivity contribution is 5.92. The van der Waals surface area contributed by atoms with E-state index in [0.717, 1.165) is 12.8 Å². The number of methoxy groups -OCH3 is 1. The van der Waals surface area contributed by atoms with Gasteiger partial charge >= 0.3 is 23.9 Å². The molecule has 36 heavy (non-hydrogen) atoms. The van der Waals surface area contributed by atoms with Crippen molar-refractivity contribution in [1.82, 2.24) is 0 Å². The number of carboxylic acid groups (broad SMARTS) is 1. The van der Waals surface area contributed by atoms with Crippen LogP contribution in [0.4, 0.5) is 0 Å². The predicted octanol–water partition coefficient (Wildman–Crippen LogP) is 2.58. The van der Waals surface area contributed by atoms with E-state index in [-0.39, 0.29) is 53.3 Å². The van der Waals surface area contributed by atoms with Crippen LogP contribution in [0.2, 0.25) is 0 Å². The predicted molar refractivity (Wildman–Crippen MR) is 132 cm³/mol. The number of aliphatic hydroxyl groups is 2. The number of ether oxygens (including phenoxy) is 3. The molecule has 204 valence electrons. The summed E-state index contributed by atoms with van der Waals surface area (Å²) in [7, 11) is 1.24. The molecule has 2 bridgehead atoms. The molecule has 0 radical (unpaired) electrons. The van der Waals surface area contributed by atoms with E-state index in [0.29, 0.717) is 12.5 Å². The quantitative estimate of drug-likeness (QED) is 0.238. The maximum absolute atomic E-state index is 11.8. The number of fused-ring (bicyclic) bond motifs is 2. The Balaban J connectivity index is 0.000000603. The number of aliphatic hydroxyl groups excluding tert-OH is 2. The van der Waals surface area contributed by atoms with Crippen LogP contribution in [-0.2, 0) is 33.4 Å². The van der Waals surface area contributed by atoms with Crippen LogP contribution in [0, 0.1) is 16.7 Å². The minimum absolute atomic E-state index is 0.0118. The molecule has 10 nitrogen and oxygen atoms in total. The standard InChI is InChI=1S/C15H22O4.C6H10O3.C5H8O3/c1-9(13(17)18)7-12(16)19-11-8-10-5-6-15(11,4)14(10,2)3;1-3-9-6(8)5(2)4-7;1-4(3-6)5(7)8-2/h10-11H,1,5-8H2,2-4H3,(H,17,18);7H,2-4H2,1H3;6H,1,3H2,2H3. The zero-order valence-electron chi connectivity index (χ0n) is 21.9. The lowest BCUT2D eigenvalue weighted by atomic mass is 9.70. The molecule has 10 heteroatoms. The summed E-state index contributed by atoms with van der Waals surface area (Å²) < 4.78 is 14.2. The molecule has 3 N–H and O–H groups in total. The second-order valence-electron chi connectivity index (χ2n) is 9.41. The van der Waals surface area contributed by atoms with Crippen LogP contribution in [0.15, 0.2) is 36.5 Å². The van der Waals surface area contributed by atoms with Crippen LogP contribution in [-0.4, -0.2) is 72.2 Å². The van der Waals surface area contributed by atoms with E-state index in [4.69, 9.17) is 20.1 Å². The van der Waals surface area contributed by atoms with Gasteiger partial charge in [-0.15, -0.1) is 0 Å². The van der Waals surface area contributed by atoms with Crippen LogP contribution >= 0.6 is 0 Å². The first-order valence-electron chi connectivity index (χ1n) is 11.6. The zero-order chi connectivity index (χ0) is 28.3. The van der Waals surface area contributed by atoms with Gasteiger partial charge in [-0.3, -0.25) is 4.79 Å². The molecular formula is C26H40O10. The van der Waals surface area contributed by atoms with Gasteiger partial charge in [-0.1, -0.05) is 40.5 Å². The summed E-state index contributed by atoms with van der Waals surface area (Å²) in [5.41, 5.74) is 0.251. The van der Waals surface area contributed by atoms with Gasteiger partial charge in [-0.25, -0.2) is 14.4 Å². The van der Waals surface area contributed by atoms with E-state index in [1.54, 1.807) is 6.92 Å². The normalized spacial score (nSPS) is 22.5. The highest BCUT2D eigenvalue weighted by atomic mass is 16.5. The van der Waals surface area contributed by atoms with Crippen LogP contribution in [0.1, 0.15) is 53.4 Å². The summed E-state index contributed by atoms with van der Waals surface area (Å²) in [6, 6.07) is 0. The average molecular weight is 513 g/mol. The van der Waals surface area contributed by atoms with Gasteiger partial charge in [0.25, 0.3) is 0 Å². The van der Waals surface area contributed by atoms with E-state index in [1.807, 2.05) is 0 Å². The van der Waals surface area contributed by atoms with E-state index in [9.17, 15) is 19.2 Å².